The van der Waals surface area contributed by atoms with Gasteiger partial charge in [0.2, 0.25) is 0 Å². The van der Waals surface area contributed by atoms with E-state index < -0.39 is 12.2 Å². The number of aliphatic hydroxyl groups excluding tert-OH is 2. The summed E-state index contributed by atoms with van der Waals surface area (Å²) in [6, 6.07) is 37.5. The molecule has 6 aromatic rings. The van der Waals surface area contributed by atoms with Crippen LogP contribution in [0.1, 0.15) is 71.3 Å². The highest BCUT2D eigenvalue weighted by Gasteiger charge is 2.55. The van der Waals surface area contributed by atoms with Gasteiger partial charge in [-0.15, -0.1) is 13.2 Å². The standard InChI is InChI=1S/C57H60N4O3/c1-3-43-37-60(31-27-45(43)33-54(60)56(63)50-25-29-58-52-11-7-5-9-48(50)52)35-41-17-13-39(14-18-41)21-23-47(62)24-22-40-15-19-42(20-16-40)36-61-32-28-46(44(4-2)38-61)34-55(61)57(64)51-26-30-59-53-12-8-6-10-49(51)53/h3-26,29-30,43-46,54-57,63-64H,1-2,27-28,31-38H2/q+2/b23-21+,24-22+/t43-,44-,45?,46?,54+,55+,56-,57-,60?,61?/m0/s1. The summed E-state index contributed by atoms with van der Waals surface area (Å²) in [5.74, 6) is 1.91. The zero-order chi connectivity index (χ0) is 43.8. The smallest absolute Gasteiger partial charge is 0.178 e. The van der Waals surface area contributed by atoms with Crippen molar-refractivity contribution in [2.24, 2.45) is 23.7 Å². The van der Waals surface area contributed by atoms with Gasteiger partial charge in [0.25, 0.3) is 0 Å². The number of piperidine rings is 6. The Hall–Kier alpha value is -5.83. The van der Waals surface area contributed by atoms with Crippen LogP contribution in [0.2, 0.25) is 0 Å². The van der Waals surface area contributed by atoms with Crippen molar-refractivity contribution in [2.75, 3.05) is 26.2 Å². The Labute approximate surface area is 377 Å². The van der Waals surface area contributed by atoms with Gasteiger partial charge >= 0.3 is 0 Å². The van der Waals surface area contributed by atoms with Crippen molar-refractivity contribution >= 4 is 39.7 Å². The predicted octanol–water partition coefficient (Wildman–Crippen LogP) is 10.4. The number of para-hydroxylation sites is 2. The molecule has 0 amide bonds. The van der Waals surface area contributed by atoms with Gasteiger partial charge < -0.3 is 19.2 Å². The second-order valence-corrected chi connectivity index (χ2v) is 19.3. The predicted molar refractivity (Wildman–Crippen MR) is 257 cm³/mol. The quantitative estimate of drug-likeness (QED) is 0.0648. The summed E-state index contributed by atoms with van der Waals surface area (Å²) in [6.45, 7) is 14.1. The lowest BCUT2D eigenvalue weighted by Crippen LogP contribution is -2.67. The van der Waals surface area contributed by atoms with E-state index in [1.165, 1.54) is 11.1 Å². The molecule has 4 unspecified atom stereocenters. The number of aromatic nitrogens is 2. The fraction of sp³-hybridized carbons (Fsp3) is 0.316. The number of fused-ring (bicyclic) bond motifs is 8. The van der Waals surface area contributed by atoms with Crippen molar-refractivity contribution in [3.8, 4) is 0 Å². The molecule has 12 rings (SSSR count). The molecule has 4 bridgehead atoms. The lowest BCUT2D eigenvalue weighted by molar-refractivity contribution is -0.984. The second kappa shape index (κ2) is 17.6. The molecule has 64 heavy (non-hydrogen) atoms. The molecule has 0 radical (unpaired) electrons. The Morgan fingerprint density at radius 3 is 1.45 bits per heavy atom. The molecule has 8 heterocycles. The van der Waals surface area contributed by atoms with Crippen LogP contribution in [0.4, 0.5) is 0 Å². The fourth-order valence-corrected chi connectivity index (χ4v) is 12.5. The van der Waals surface area contributed by atoms with Crippen LogP contribution in [0.3, 0.4) is 0 Å². The van der Waals surface area contributed by atoms with Gasteiger partial charge in [-0.05, 0) is 70.5 Å². The van der Waals surface area contributed by atoms with Crippen molar-refractivity contribution < 1.29 is 24.0 Å². The Kier molecular flexibility index (Phi) is 11.6. The van der Waals surface area contributed by atoms with Crippen LogP contribution >= 0.6 is 0 Å². The van der Waals surface area contributed by atoms with Crippen LogP contribution in [0.25, 0.3) is 34.0 Å². The number of allylic oxidation sites excluding steroid dienone is 2. The lowest BCUT2D eigenvalue weighted by atomic mass is 9.71. The first-order chi connectivity index (χ1) is 31.2. The molecule has 0 saturated carbocycles. The van der Waals surface area contributed by atoms with Crippen LogP contribution in [0.5, 0.6) is 0 Å². The van der Waals surface area contributed by atoms with E-state index in [4.69, 9.17) is 0 Å². The molecule has 2 aromatic heterocycles. The maximum Gasteiger partial charge on any atom is 0.178 e. The first-order valence-electron chi connectivity index (χ1n) is 23.3. The van der Waals surface area contributed by atoms with Gasteiger partial charge in [0.15, 0.2) is 5.78 Å². The summed E-state index contributed by atoms with van der Waals surface area (Å²) in [5.41, 5.74) is 8.19. The number of hydrogen-bond donors (Lipinski definition) is 2. The van der Waals surface area contributed by atoms with Gasteiger partial charge in [-0.25, -0.2) is 0 Å². The number of quaternary nitrogens is 2. The van der Waals surface area contributed by atoms with Crippen LogP contribution in [-0.4, -0.2) is 73.2 Å². The highest BCUT2D eigenvalue weighted by molar-refractivity contribution is 6.04. The molecular formula is C57H60N4O3+2. The molecule has 7 heteroatoms. The number of aliphatic hydroxyl groups is 2. The van der Waals surface area contributed by atoms with E-state index in [-0.39, 0.29) is 17.9 Å². The van der Waals surface area contributed by atoms with Crippen LogP contribution < -0.4 is 0 Å². The van der Waals surface area contributed by atoms with Gasteiger partial charge in [-0.1, -0.05) is 109 Å². The maximum atomic E-state index is 13.1. The van der Waals surface area contributed by atoms with E-state index in [2.05, 4.69) is 95.9 Å². The Balaban J connectivity index is 0.794. The highest BCUT2D eigenvalue weighted by atomic mass is 16.3. The van der Waals surface area contributed by atoms with Gasteiger partial charge in [-0.2, -0.15) is 0 Å². The van der Waals surface area contributed by atoms with E-state index in [0.717, 1.165) is 118 Å². The van der Waals surface area contributed by atoms with Crippen molar-refractivity contribution in [1.82, 2.24) is 9.97 Å². The Morgan fingerprint density at radius 2 is 1.03 bits per heavy atom. The summed E-state index contributed by atoms with van der Waals surface area (Å²) >= 11 is 0. The third-order valence-corrected chi connectivity index (χ3v) is 15.9. The van der Waals surface area contributed by atoms with Crippen molar-refractivity contribution in [3.63, 3.8) is 0 Å². The molecule has 6 aliphatic rings. The number of nitrogens with zero attached hydrogens (tertiary/aromatic N) is 4. The van der Waals surface area contributed by atoms with Crippen molar-refractivity contribution in [1.29, 1.82) is 0 Å². The first kappa shape index (κ1) is 42.1. The zero-order valence-electron chi connectivity index (χ0n) is 36.7. The number of carbonyl (C=O) groups is 1. The maximum absolute atomic E-state index is 13.1. The molecular weight excluding hydrogens is 789 g/mol. The topological polar surface area (TPSA) is 83.3 Å². The highest BCUT2D eigenvalue weighted by Crippen LogP contribution is 2.49. The Bertz CT molecular complexity index is 2550. The SMILES string of the molecule is C=C[C@H]1C[N+]2(Cc3ccc(/C=C/C(=O)/C=C/c4ccc(C[N+]56CCC(C[C@@H]5[C@@H](O)c5ccnc7ccccc57)[C@@H](C=C)C6)cc4)cc3)CCC1C[C@@H]2[C@@H](O)c1ccnc2ccccc12. The van der Waals surface area contributed by atoms with E-state index in [1.807, 2.05) is 73.1 Å². The van der Waals surface area contributed by atoms with Gasteiger partial charge in [0.1, 0.15) is 37.4 Å². The number of carbonyl (C=O) groups excluding carboxylic acids is 1. The first-order valence-corrected chi connectivity index (χ1v) is 23.3. The average molecular weight is 849 g/mol. The van der Waals surface area contributed by atoms with Crippen molar-refractivity contribution in [3.05, 3.63) is 192 Å². The summed E-state index contributed by atoms with van der Waals surface area (Å²) in [4.78, 5) is 22.2. The summed E-state index contributed by atoms with van der Waals surface area (Å²) in [6.07, 6.45) is 18.1. The molecule has 10 atom stereocenters. The molecule has 0 aliphatic carbocycles. The molecule has 0 spiro atoms. The molecule has 7 nitrogen and oxygen atoms in total. The Morgan fingerprint density at radius 1 is 0.609 bits per heavy atom. The van der Waals surface area contributed by atoms with E-state index in [0.29, 0.717) is 23.7 Å². The minimum Gasteiger partial charge on any atom is -0.382 e. The minimum atomic E-state index is -0.588. The number of ketones is 1. The number of hydrogen-bond acceptors (Lipinski definition) is 5. The number of benzene rings is 4. The minimum absolute atomic E-state index is 0.0657. The largest absolute Gasteiger partial charge is 0.382 e. The number of rotatable bonds is 14. The lowest BCUT2D eigenvalue weighted by Gasteiger charge is -2.58. The van der Waals surface area contributed by atoms with Crippen molar-refractivity contribution in [2.45, 2.75) is 63.1 Å². The third-order valence-electron chi connectivity index (χ3n) is 15.9. The molecule has 2 N–H and O–H groups in total. The fourth-order valence-electron chi connectivity index (χ4n) is 12.5. The van der Waals surface area contributed by atoms with E-state index >= 15 is 0 Å². The zero-order valence-corrected chi connectivity index (χ0v) is 36.7. The van der Waals surface area contributed by atoms with Crippen LogP contribution in [0.15, 0.2) is 159 Å². The average Bonchev–Trinajstić information content (AvgIpc) is 3.35. The molecule has 324 valence electrons. The van der Waals surface area contributed by atoms with Gasteiger partial charge in [0, 0.05) is 71.8 Å². The molecule has 4 aromatic carbocycles. The number of pyridine rings is 2. The van der Waals surface area contributed by atoms with Crippen LogP contribution in [0, 0.1) is 23.7 Å². The monoisotopic (exact) mass is 848 g/mol. The summed E-state index contributed by atoms with van der Waals surface area (Å²) in [7, 11) is 0. The molecule has 6 aliphatic heterocycles. The second-order valence-electron chi connectivity index (χ2n) is 19.3. The van der Waals surface area contributed by atoms with E-state index in [1.54, 1.807) is 12.2 Å². The van der Waals surface area contributed by atoms with Crippen LogP contribution in [-0.2, 0) is 17.9 Å². The van der Waals surface area contributed by atoms with E-state index in [9.17, 15) is 15.0 Å². The normalized spacial score (nSPS) is 28.5. The third kappa shape index (κ3) is 8.00. The van der Waals surface area contributed by atoms with Gasteiger partial charge in [-0.3, -0.25) is 14.8 Å². The summed E-state index contributed by atoms with van der Waals surface area (Å²) in [5, 5.41) is 26.3. The molecule has 6 fully saturated rings. The molecule has 6 saturated heterocycles. The van der Waals surface area contributed by atoms with Gasteiger partial charge in [0.05, 0.1) is 37.2 Å². The summed E-state index contributed by atoms with van der Waals surface area (Å²) < 4.78 is 1.68.